The van der Waals surface area contributed by atoms with E-state index >= 15 is 0 Å². The van der Waals surface area contributed by atoms with E-state index in [9.17, 15) is 5.11 Å². The van der Waals surface area contributed by atoms with Crippen LogP contribution in [-0.2, 0) is 0 Å². The fraction of sp³-hybridized carbons (Fsp3) is 0. The first-order valence-electron chi connectivity index (χ1n) is 4.63. The summed E-state index contributed by atoms with van der Waals surface area (Å²) in [6, 6.07) is 7.61. The molecular weight excluding hydrogens is 288 g/mol. The Hall–Kier alpha value is -1.33. The lowest BCUT2D eigenvalue weighted by atomic mass is 10.1. The zero-order valence-corrected chi connectivity index (χ0v) is 10.5. The maximum atomic E-state index is 10.1. The summed E-state index contributed by atoms with van der Waals surface area (Å²) < 4.78 is 1.55. The van der Waals surface area contributed by atoms with E-state index in [2.05, 4.69) is 20.9 Å². The molecule has 0 aliphatic heterocycles. The van der Waals surface area contributed by atoms with Gasteiger partial charge in [-0.1, -0.05) is 35.6 Å². The predicted molar refractivity (Wildman–Crippen MR) is 70.9 cm³/mol. The van der Waals surface area contributed by atoms with Gasteiger partial charge in [0.2, 0.25) is 0 Å². The van der Waals surface area contributed by atoms with Crippen molar-refractivity contribution in [3.8, 4) is 5.75 Å². The molecule has 3 aromatic rings. The van der Waals surface area contributed by atoms with Crippen LogP contribution in [0.3, 0.4) is 0 Å². The van der Waals surface area contributed by atoms with E-state index < -0.39 is 0 Å². The lowest BCUT2D eigenvalue weighted by molar-refractivity contribution is 0.479. The van der Waals surface area contributed by atoms with Crippen LogP contribution in [0.5, 0.6) is 5.75 Å². The highest BCUT2D eigenvalue weighted by Gasteiger charge is 2.14. The monoisotopic (exact) mass is 294 g/mol. The molecule has 3 N–H and O–H groups in total. The summed E-state index contributed by atoms with van der Waals surface area (Å²) >= 11 is 4.75. The first-order valence-corrected chi connectivity index (χ1v) is 6.24. The second-order valence-electron chi connectivity index (χ2n) is 3.44. The van der Waals surface area contributed by atoms with E-state index in [-0.39, 0.29) is 5.75 Å². The number of fused-ring (bicyclic) bond motifs is 3. The molecule has 16 heavy (non-hydrogen) atoms. The average molecular weight is 295 g/mol. The van der Waals surface area contributed by atoms with E-state index in [1.807, 2.05) is 24.3 Å². The molecule has 0 amide bonds. The molecule has 1 heterocycles. The number of nitrogen functional groups attached to an aromatic ring is 1. The third-order valence-electron chi connectivity index (χ3n) is 2.49. The van der Waals surface area contributed by atoms with E-state index in [1.165, 1.54) is 11.3 Å². The van der Waals surface area contributed by atoms with Crippen LogP contribution in [0, 0.1) is 0 Å². The number of anilines is 1. The van der Waals surface area contributed by atoms with Crippen molar-refractivity contribution in [2.75, 3.05) is 5.73 Å². The lowest BCUT2D eigenvalue weighted by Gasteiger charge is -2.04. The van der Waals surface area contributed by atoms with Crippen molar-refractivity contribution in [3.05, 3.63) is 28.7 Å². The molecule has 0 spiro atoms. The van der Waals surface area contributed by atoms with Crippen LogP contribution in [0.25, 0.3) is 21.0 Å². The topological polar surface area (TPSA) is 59.1 Å². The molecular formula is C11H7BrN2OS. The molecule has 0 aliphatic rings. The number of thiazole rings is 1. The van der Waals surface area contributed by atoms with Crippen LogP contribution in [0.1, 0.15) is 0 Å². The minimum Gasteiger partial charge on any atom is -0.506 e. The third-order valence-corrected chi connectivity index (χ3v) is 4.42. The summed E-state index contributed by atoms with van der Waals surface area (Å²) in [7, 11) is 0. The smallest absolute Gasteiger partial charge is 0.181 e. The van der Waals surface area contributed by atoms with Crippen molar-refractivity contribution in [2.24, 2.45) is 0 Å². The Morgan fingerprint density at radius 2 is 1.94 bits per heavy atom. The summed E-state index contributed by atoms with van der Waals surface area (Å²) in [5.41, 5.74) is 6.54. The van der Waals surface area contributed by atoms with Crippen molar-refractivity contribution in [3.63, 3.8) is 0 Å². The normalized spacial score (nSPS) is 11.3. The molecule has 0 fully saturated rings. The molecule has 0 saturated carbocycles. The molecule has 0 saturated heterocycles. The summed E-state index contributed by atoms with van der Waals surface area (Å²) in [6.07, 6.45) is 0. The Morgan fingerprint density at radius 3 is 2.69 bits per heavy atom. The summed E-state index contributed by atoms with van der Waals surface area (Å²) in [5, 5.41) is 12.3. The van der Waals surface area contributed by atoms with Crippen LogP contribution in [0.15, 0.2) is 28.7 Å². The fourth-order valence-corrected chi connectivity index (χ4v) is 3.22. The van der Waals surface area contributed by atoms with E-state index in [4.69, 9.17) is 5.73 Å². The standard InChI is InChI=1S/C11H7BrN2OS/c12-7-9(15)6-4-2-1-3-5(6)8-10(7)16-11(13)14-8/h1-4,15H,(H2,13,14). The van der Waals surface area contributed by atoms with Crippen LogP contribution in [0.2, 0.25) is 0 Å². The summed E-state index contributed by atoms with van der Waals surface area (Å²) in [4.78, 5) is 4.30. The fourth-order valence-electron chi connectivity index (χ4n) is 1.79. The zero-order valence-electron chi connectivity index (χ0n) is 8.07. The summed E-state index contributed by atoms with van der Waals surface area (Å²) in [6.45, 7) is 0. The van der Waals surface area contributed by atoms with Gasteiger partial charge in [-0.15, -0.1) is 0 Å². The number of phenols is 1. The number of hydrogen-bond acceptors (Lipinski definition) is 4. The highest BCUT2D eigenvalue weighted by molar-refractivity contribution is 9.10. The Balaban J connectivity index is 2.67. The molecule has 3 rings (SSSR count). The molecule has 0 bridgehead atoms. The minimum absolute atomic E-state index is 0.242. The Labute approximate surface area is 104 Å². The van der Waals surface area contributed by atoms with E-state index in [0.717, 1.165) is 21.0 Å². The zero-order chi connectivity index (χ0) is 11.3. The van der Waals surface area contributed by atoms with Crippen LogP contribution in [0.4, 0.5) is 5.13 Å². The second kappa shape index (κ2) is 3.33. The molecule has 0 atom stereocenters. The van der Waals surface area contributed by atoms with Crippen LogP contribution >= 0.6 is 27.3 Å². The number of benzene rings is 2. The Kier molecular flexibility index (Phi) is 2.05. The number of hydrogen-bond donors (Lipinski definition) is 2. The van der Waals surface area contributed by atoms with Gasteiger partial charge in [-0.05, 0) is 15.9 Å². The highest BCUT2D eigenvalue weighted by Crippen LogP contribution is 2.43. The Morgan fingerprint density at radius 1 is 1.25 bits per heavy atom. The molecule has 80 valence electrons. The van der Waals surface area contributed by atoms with Crippen molar-refractivity contribution in [1.82, 2.24) is 4.98 Å². The highest BCUT2D eigenvalue weighted by atomic mass is 79.9. The van der Waals surface area contributed by atoms with Crippen LogP contribution in [-0.4, -0.2) is 10.1 Å². The molecule has 1 aromatic heterocycles. The molecule has 2 aromatic carbocycles. The van der Waals surface area contributed by atoms with Gasteiger partial charge < -0.3 is 10.8 Å². The largest absolute Gasteiger partial charge is 0.506 e. The van der Waals surface area contributed by atoms with Crippen molar-refractivity contribution < 1.29 is 5.11 Å². The second-order valence-corrected chi connectivity index (χ2v) is 5.26. The average Bonchev–Trinajstić information content (AvgIpc) is 2.68. The number of nitrogens with zero attached hydrogens (tertiary/aromatic N) is 1. The minimum atomic E-state index is 0.242. The quantitative estimate of drug-likeness (QED) is 0.667. The van der Waals surface area contributed by atoms with E-state index in [1.54, 1.807) is 0 Å². The third kappa shape index (κ3) is 1.22. The SMILES string of the molecule is Nc1nc2c(s1)c(Br)c(O)c1ccccc12. The van der Waals surface area contributed by atoms with Crippen molar-refractivity contribution in [1.29, 1.82) is 0 Å². The first-order chi connectivity index (χ1) is 7.68. The number of phenolic OH excluding ortho intramolecular Hbond substituents is 1. The lowest BCUT2D eigenvalue weighted by Crippen LogP contribution is -1.81. The van der Waals surface area contributed by atoms with Gasteiger partial charge in [0.1, 0.15) is 5.75 Å². The molecule has 5 heteroatoms. The van der Waals surface area contributed by atoms with Gasteiger partial charge in [-0.3, -0.25) is 0 Å². The van der Waals surface area contributed by atoms with Gasteiger partial charge in [0.15, 0.2) is 5.13 Å². The molecule has 0 unspecified atom stereocenters. The maximum Gasteiger partial charge on any atom is 0.181 e. The molecule has 0 aliphatic carbocycles. The van der Waals surface area contributed by atoms with Gasteiger partial charge in [-0.25, -0.2) is 4.98 Å². The van der Waals surface area contributed by atoms with Crippen LogP contribution < -0.4 is 5.73 Å². The number of rotatable bonds is 0. The molecule has 0 radical (unpaired) electrons. The maximum absolute atomic E-state index is 10.1. The van der Waals surface area contributed by atoms with E-state index in [0.29, 0.717) is 9.60 Å². The first kappa shape index (κ1) is 9.86. The number of aromatic nitrogens is 1. The van der Waals surface area contributed by atoms with Gasteiger partial charge in [0.05, 0.1) is 14.7 Å². The van der Waals surface area contributed by atoms with Crippen molar-refractivity contribution in [2.45, 2.75) is 0 Å². The van der Waals surface area contributed by atoms with Gasteiger partial charge >= 0.3 is 0 Å². The van der Waals surface area contributed by atoms with Gasteiger partial charge in [-0.2, -0.15) is 0 Å². The predicted octanol–water partition coefficient (Wildman–Crippen LogP) is 3.50. The molecule has 3 nitrogen and oxygen atoms in total. The number of halogens is 1. The van der Waals surface area contributed by atoms with Gasteiger partial charge in [0, 0.05) is 10.8 Å². The number of nitrogens with two attached hydrogens (primary N) is 1. The van der Waals surface area contributed by atoms with Gasteiger partial charge in [0.25, 0.3) is 0 Å². The Bertz CT molecular complexity index is 708. The van der Waals surface area contributed by atoms with Crippen molar-refractivity contribution >= 4 is 53.4 Å². The number of aromatic hydroxyl groups is 1. The summed E-state index contributed by atoms with van der Waals surface area (Å²) in [5.74, 6) is 0.242.